The average molecular weight is 498 g/mol. The number of nitrogens with two attached hydrogens (primary N) is 1. The lowest BCUT2D eigenvalue weighted by atomic mass is 9.84. The molecule has 2 aromatic carbocycles. The van der Waals surface area contributed by atoms with Crippen LogP contribution in [-0.2, 0) is 9.47 Å². The van der Waals surface area contributed by atoms with Crippen LogP contribution in [0.2, 0.25) is 0 Å². The van der Waals surface area contributed by atoms with Crippen LogP contribution in [0, 0.1) is 11.8 Å². The maximum Gasteiger partial charge on any atom is 0.253 e. The minimum atomic E-state index is -0.398. The van der Waals surface area contributed by atoms with Gasteiger partial charge >= 0.3 is 0 Å². The van der Waals surface area contributed by atoms with Gasteiger partial charge in [-0.05, 0) is 37.2 Å². The lowest BCUT2D eigenvalue weighted by Crippen LogP contribution is -2.48. The third-order valence-electron chi connectivity index (χ3n) is 7.98. The molecule has 2 aliphatic rings. The summed E-state index contributed by atoms with van der Waals surface area (Å²) in [6.45, 7) is 3.22. The molecule has 0 radical (unpaired) electrons. The molecule has 1 saturated carbocycles. The molecule has 0 spiro atoms. The van der Waals surface area contributed by atoms with Crippen LogP contribution in [0.5, 0.6) is 0 Å². The van der Waals surface area contributed by atoms with Gasteiger partial charge in [-0.3, -0.25) is 9.59 Å². The maximum absolute atomic E-state index is 12.8. The van der Waals surface area contributed by atoms with Gasteiger partial charge in [-0.15, -0.1) is 0 Å². The van der Waals surface area contributed by atoms with Crippen molar-refractivity contribution in [2.45, 2.75) is 69.9 Å². The quantitative estimate of drug-likeness (QED) is 0.319. The van der Waals surface area contributed by atoms with Crippen LogP contribution >= 0.6 is 0 Å². The summed E-state index contributed by atoms with van der Waals surface area (Å²) in [5.41, 5.74) is 7.51. The zero-order valence-corrected chi connectivity index (χ0v) is 21.8. The zero-order chi connectivity index (χ0) is 25.3. The number of anilines is 2. The van der Waals surface area contributed by atoms with Crippen molar-refractivity contribution in [2.24, 2.45) is 17.6 Å². The van der Waals surface area contributed by atoms with Gasteiger partial charge in [-0.2, -0.15) is 0 Å². The summed E-state index contributed by atoms with van der Waals surface area (Å²) in [7, 11) is 1.70. The van der Waals surface area contributed by atoms with Crippen LogP contribution < -0.4 is 26.8 Å². The highest BCUT2D eigenvalue weighted by molar-refractivity contribution is 5.75. The third kappa shape index (κ3) is 6.55. The van der Waals surface area contributed by atoms with E-state index in [9.17, 15) is 9.59 Å². The molecule has 1 aliphatic heterocycles. The highest BCUT2D eigenvalue weighted by Gasteiger charge is 2.34. The van der Waals surface area contributed by atoms with Crippen LogP contribution in [0.25, 0.3) is 0 Å². The zero-order valence-electron chi connectivity index (χ0n) is 21.8. The van der Waals surface area contributed by atoms with Gasteiger partial charge in [0.25, 0.3) is 10.9 Å². The van der Waals surface area contributed by atoms with Crippen LogP contribution in [-0.4, -0.2) is 46.0 Å². The van der Waals surface area contributed by atoms with Gasteiger partial charge in [0.2, 0.25) is 0 Å². The molecule has 1 aliphatic carbocycles. The second-order valence-corrected chi connectivity index (χ2v) is 10.6. The predicted octanol–water partition coefficient (Wildman–Crippen LogP) is 4.00. The second kappa shape index (κ2) is 13.4. The predicted molar refractivity (Wildman–Crippen MR) is 146 cm³/mol. The van der Waals surface area contributed by atoms with Crippen LogP contribution in [0.3, 0.4) is 0 Å². The number of piperidine rings is 1. The van der Waals surface area contributed by atoms with Gasteiger partial charge in [-0.1, -0.05) is 62.4 Å². The Hall–Kier alpha value is -2.22. The van der Waals surface area contributed by atoms with Gasteiger partial charge < -0.3 is 25.4 Å². The van der Waals surface area contributed by atoms with Crippen molar-refractivity contribution >= 4 is 11.4 Å². The lowest BCUT2D eigenvalue weighted by Gasteiger charge is -2.39. The van der Waals surface area contributed by atoms with Crippen molar-refractivity contribution in [2.75, 3.05) is 50.2 Å². The monoisotopic (exact) mass is 497 g/mol. The Kier molecular flexibility index (Phi) is 9.96. The van der Waals surface area contributed by atoms with Gasteiger partial charge in [0.05, 0.1) is 6.10 Å². The number of nitrogens with one attached hydrogen (secondary N) is 1. The van der Waals surface area contributed by atoms with Gasteiger partial charge in [0.1, 0.15) is 11.4 Å². The number of hydrogen-bond acceptors (Lipinski definition) is 7. The fourth-order valence-corrected chi connectivity index (χ4v) is 6.08. The Balaban J connectivity index is 1.46. The fourth-order valence-electron chi connectivity index (χ4n) is 6.08. The molecule has 0 bridgehead atoms. The summed E-state index contributed by atoms with van der Waals surface area (Å²) in [4.78, 5) is 27.5. The summed E-state index contributed by atoms with van der Waals surface area (Å²) in [6.07, 6.45) is 10.0. The molecule has 36 heavy (non-hydrogen) atoms. The smallest absolute Gasteiger partial charge is 0.253 e. The van der Waals surface area contributed by atoms with E-state index < -0.39 is 5.43 Å². The first-order valence-electron chi connectivity index (χ1n) is 13.8. The highest BCUT2D eigenvalue weighted by atomic mass is 16.5. The Bertz CT molecular complexity index is 998. The Morgan fingerprint density at radius 3 is 2.53 bits per heavy atom. The SMILES string of the molecule is COCCCOC(c1ccccc1)C1CCCN(c2c(N[C@H](CN)CC3CCCCC3)c(=O)c2=O)C1. The normalized spacial score (nSPS) is 20.9. The minimum absolute atomic E-state index is 0.0249. The molecular weight excluding hydrogens is 454 g/mol. The summed E-state index contributed by atoms with van der Waals surface area (Å²) in [6, 6.07) is 10.3. The molecule has 198 valence electrons. The molecule has 2 aromatic rings. The summed E-state index contributed by atoms with van der Waals surface area (Å²) < 4.78 is 11.6. The second-order valence-electron chi connectivity index (χ2n) is 10.6. The first-order valence-corrected chi connectivity index (χ1v) is 13.8. The van der Waals surface area contributed by atoms with Crippen LogP contribution in [0.4, 0.5) is 11.4 Å². The number of nitrogens with zero attached hydrogens (tertiary/aromatic N) is 1. The largest absolute Gasteiger partial charge is 0.385 e. The van der Waals surface area contributed by atoms with E-state index in [4.69, 9.17) is 15.2 Å². The van der Waals surface area contributed by atoms with E-state index in [0.717, 1.165) is 37.8 Å². The molecular formula is C29H43N3O4. The molecule has 0 aromatic heterocycles. The molecule has 3 N–H and O–H groups in total. The fraction of sp³-hybridized carbons (Fsp3) is 0.655. The summed E-state index contributed by atoms with van der Waals surface area (Å²) in [5, 5.41) is 3.40. The van der Waals surface area contributed by atoms with Crippen molar-refractivity contribution in [3.05, 3.63) is 56.3 Å². The standard InChI is InChI=1S/C29H43N3O4/c1-35-16-9-17-36-29(22-12-6-3-7-13-22)23-14-8-15-32(20-23)26-25(27(33)28(26)34)31-24(19-30)18-21-10-4-2-5-11-21/h3,6-7,12-13,21,23-24,29,31H,2,4-5,8-11,14-20,30H2,1H3/t23?,24-,29?/m0/s1. The van der Waals surface area contributed by atoms with Gasteiger partial charge in [-0.25, -0.2) is 0 Å². The van der Waals surface area contributed by atoms with E-state index in [0.29, 0.717) is 43.6 Å². The number of benzene rings is 1. The van der Waals surface area contributed by atoms with E-state index in [1.807, 2.05) is 18.2 Å². The molecule has 2 fully saturated rings. The number of hydrogen-bond donors (Lipinski definition) is 2. The first kappa shape index (κ1) is 26.8. The molecule has 2 unspecified atom stereocenters. The van der Waals surface area contributed by atoms with E-state index in [2.05, 4.69) is 22.3 Å². The summed E-state index contributed by atoms with van der Waals surface area (Å²) in [5.74, 6) is 0.879. The number of rotatable bonds is 13. The van der Waals surface area contributed by atoms with Crippen molar-refractivity contribution in [1.29, 1.82) is 0 Å². The van der Waals surface area contributed by atoms with E-state index in [1.54, 1.807) is 7.11 Å². The Labute approximate surface area is 215 Å². The average Bonchev–Trinajstić information content (AvgIpc) is 2.93. The molecule has 7 heteroatoms. The molecule has 7 nitrogen and oxygen atoms in total. The Morgan fingerprint density at radius 2 is 1.81 bits per heavy atom. The third-order valence-corrected chi connectivity index (χ3v) is 7.98. The molecule has 1 heterocycles. The maximum atomic E-state index is 12.8. The summed E-state index contributed by atoms with van der Waals surface area (Å²) >= 11 is 0. The van der Waals surface area contributed by atoms with Crippen LogP contribution in [0.15, 0.2) is 39.9 Å². The Morgan fingerprint density at radius 1 is 1.03 bits per heavy atom. The lowest BCUT2D eigenvalue weighted by molar-refractivity contribution is -0.00235. The van der Waals surface area contributed by atoms with Crippen molar-refractivity contribution in [3.8, 4) is 0 Å². The number of ether oxygens (including phenoxy) is 2. The van der Waals surface area contributed by atoms with E-state index >= 15 is 0 Å². The molecule has 1 saturated heterocycles. The molecule has 3 atom stereocenters. The highest BCUT2D eigenvalue weighted by Crippen LogP contribution is 2.36. The van der Waals surface area contributed by atoms with Crippen molar-refractivity contribution in [3.63, 3.8) is 0 Å². The molecule has 0 amide bonds. The van der Waals surface area contributed by atoms with Gasteiger partial charge in [0.15, 0.2) is 0 Å². The van der Waals surface area contributed by atoms with Crippen molar-refractivity contribution < 1.29 is 9.47 Å². The minimum Gasteiger partial charge on any atom is -0.385 e. The van der Waals surface area contributed by atoms with E-state index in [-0.39, 0.29) is 23.5 Å². The topological polar surface area (TPSA) is 93.9 Å². The van der Waals surface area contributed by atoms with E-state index in [1.165, 1.54) is 32.1 Å². The first-order chi connectivity index (χ1) is 17.6. The van der Waals surface area contributed by atoms with Gasteiger partial charge in [0, 0.05) is 51.9 Å². The molecule has 4 rings (SSSR count). The van der Waals surface area contributed by atoms with Crippen LogP contribution in [0.1, 0.15) is 69.5 Å². The number of methoxy groups -OCH3 is 1. The van der Waals surface area contributed by atoms with Crippen molar-refractivity contribution in [1.82, 2.24) is 0 Å².